The molecule has 0 aliphatic heterocycles. The monoisotopic (exact) mass is 200 g/mol. The van der Waals surface area contributed by atoms with Crippen molar-refractivity contribution in [3.63, 3.8) is 0 Å². The predicted molar refractivity (Wildman–Crippen MR) is 59.1 cm³/mol. The molecule has 0 amide bonds. The van der Waals surface area contributed by atoms with Gasteiger partial charge in [-0.15, -0.1) is 23.1 Å². The van der Waals surface area contributed by atoms with Crippen molar-refractivity contribution in [3.05, 3.63) is 17.5 Å². The zero-order valence-electron chi connectivity index (χ0n) is 8.13. The van der Waals surface area contributed by atoms with Gasteiger partial charge in [0.25, 0.3) is 0 Å². The van der Waals surface area contributed by atoms with E-state index >= 15 is 0 Å². The maximum atomic E-state index is 2.30. The standard InChI is InChI=1S/C10H16S2/c1-8(10(2,3)4)12-9-6-5-7-11-9/h5-8H,1-4H3. The normalized spacial score (nSPS) is 14.7. The molecule has 2 heteroatoms. The highest BCUT2D eigenvalue weighted by molar-refractivity contribution is 8.01. The Morgan fingerprint density at radius 1 is 1.42 bits per heavy atom. The minimum Gasteiger partial charge on any atom is -0.137 e. The predicted octanol–water partition coefficient (Wildman–Crippen LogP) is 4.27. The summed E-state index contributed by atoms with van der Waals surface area (Å²) in [6.07, 6.45) is 0. The average molecular weight is 200 g/mol. The van der Waals surface area contributed by atoms with E-state index in [9.17, 15) is 0 Å². The van der Waals surface area contributed by atoms with E-state index in [-0.39, 0.29) is 0 Å². The van der Waals surface area contributed by atoms with Crippen LogP contribution in [-0.2, 0) is 0 Å². The van der Waals surface area contributed by atoms with Crippen LogP contribution in [0.3, 0.4) is 0 Å². The molecule has 1 atom stereocenters. The molecule has 0 bridgehead atoms. The van der Waals surface area contributed by atoms with Gasteiger partial charge in [0.15, 0.2) is 0 Å². The first-order valence-electron chi connectivity index (χ1n) is 4.20. The molecule has 0 aromatic carbocycles. The van der Waals surface area contributed by atoms with Crippen molar-refractivity contribution in [3.8, 4) is 0 Å². The van der Waals surface area contributed by atoms with E-state index < -0.39 is 0 Å². The van der Waals surface area contributed by atoms with Crippen molar-refractivity contribution in [1.29, 1.82) is 0 Å². The van der Waals surface area contributed by atoms with Crippen LogP contribution >= 0.6 is 23.1 Å². The molecule has 1 unspecified atom stereocenters. The second-order valence-electron chi connectivity index (χ2n) is 4.06. The lowest BCUT2D eigenvalue weighted by Crippen LogP contribution is -2.18. The van der Waals surface area contributed by atoms with Crippen LogP contribution < -0.4 is 0 Å². The molecule has 1 aromatic heterocycles. The van der Waals surface area contributed by atoms with Gasteiger partial charge in [0.05, 0.1) is 4.21 Å². The fourth-order valence-corrected chi connectivity index (χ4v) is 2.81. The second-order valence-corrected chi connectivity index (χ2v) is 6.65. The Kier molecular flexibility index (Phi) is 3.24. The number of thiophene rings is 1. The Balaban J connectivity index is 2.53. The van der Waals surface area contributed by atoms with E-state index in [1.807, 2.05) is 23.1 Å². The van der Waals surface area contributed by atoms with Crippen molar-refractivity contribution in [2.24, 2.45) is 5.41 Å². The summed E-state index contributed by atoms with van der Waals surface area (Å²) < 4.78 is 1.43. The Morgan fingerprint density at radius 2 is 2.08 bits per heavy atom. The lowest BCUT2D eigenvalue weighted by atomic mass is 9.93. The smallest absolute Gasteiger partial charge is 0.0601 e. The molecule has 1 heterocycles. The molecule has 0 saturated heterocycles. The maximum absolute atomic E-state index is 2.30. The van der Waals surface area contributed by atoms with Crippen LogP contribution in [0.2, 0.25) is 0 Å². The molecular formula is C10H16S2. The van der Waals surface area contributed by atoms with Gasteiger partial charge in [-0.05, 0) is 16.9 Å². The SMILES string of the molecule is CC(Sc1cccs1)C(C)(C)C. The van der Waals surface area contributed by atoms with Crippen molar-refractivity contribution in [1.82, 2.24) is 0 Å². The number of hydrogen-bond acceptors (Lipinski definition) is 2. The van der Waals surface area contributed by atoms with E-state index in [0.29, 0.717) is 10.7 Å². The fourth-order valence-electron chi connectivity index (χ4n) is 0.682. The van der Waals surface area contributed by atoms with Gasteiger partial charge in [-0.3, -0.25) is 0 Å². The summed E-state index contributed by atoms with van der Waals surface area (Å²) in [6.45, 7) is 9.17. The summed E-state index contributed by atoms with van der Waals surface area (Å²) in [6, 6.07) is 4.31. The Labute approximate surface area is 83.4 Å². The molecule has 0 aliphatic carbocycles. The van der Waals surface area contributed by atoms with Crippen molar-refractivity contribution in [2.45, 2.75) is 37.2 Å². The van der Waals surface area contributed by atoms with E-state index in [1.165, 1.54) is 4.21 Å². The van der Waals surface area contributed by atoms with Crippen molar-refractivity contribution >= 4 is 23.1 Å². The van der Waals surface area contributed by atoms with Gasteiger partial charge in [0.1, 0.15) is 0 Å². The highest BCUT2D eigenvalue weighted by Gasteiger charge is 2.20. The third-order valence-corrected chi connectivity index (χ3v) is 4.68. The van der Waals surface area contributed by atoms with Crippen LogP contribution in [0.15, 0.2) is 21.7 Å². The largest absolute Gasteiger partial charge is 0.137 e. The quantitative estimate of drug-likeness (QED) is 0.642. The summed E-state index contributed by atoms with van der Waals surface area (Å²) in [4.78, 5) is 0. The lowest BCUT2D eigenvalue weighted by molar-refractivity contribution is 0.411. The first-order valence-corrected chi connectivity index (χ1v) is 5.96. The van der Waals surface area contributed by atoms with E-state index in [1.54, 1.807) is 0 Å². The van der Waals surface area contributed by atoms with E-state index in [0.717, 1.165) is 0 Å². The number of thioether (sulfide) groups is 1. The molecule has 68 valence electrons. The summed E-state index contributed by atoms with van der Waals surface area (Å²) in [5.41, 5.74) is 0.397. The van der Waals surface area contributed by atoms with Crippen LogP contribution in [0.1, 0.15) is 27.7 Å². The molecule has 12 heavy (non-hydrogen) atoms. The molecule has 0 aliphatic rings. The van der Waals surface area contributed by atoms with Crippen LogP contribution in [0.4, 0.5) is 0 Å². The third kappa shape index (κ3) is 2.83. The van der Waals surface area contributed by atoms with Crippen LogP contribution in [0, 0.1) is 5.41 Å². The maximum Gasteiger partial charge on any atom is 0.0601 e. The first kappa shape index (κ1) is 10.1. The molecule has 1 aromatic rings. The summed E-state index contributed by atoms with van der Waals surface area (Å²) in [5, 5.41) is 2.81. The Bertz CT molecular complexity index is 218. The fraction of sp³-hybridized carbons (Fsp3) is 0.600. The molecular weight excluding hydrogens is 184 g/mol. The number of rotatable bonds is 2. The Morgan fingerprint density at radius 3 is 2.50 bits per heavy atom. The minimum absolute atomic E-state index is 0.397. The van der Waals surface area contributed by atoms with E-state index in [4.69, 9.17) is 0 Å². The molecule has 0 nitrogen and oxygen atoms in total. The highest BCUT2D eigenvalue weighted by Crippen LogP contribution is 2.36. The van der Waals surface area contributed by atoms with E-state index in [2.05, 4.69) is 45.2 Å². The Hall–Kier alpha value is 0.0500. The van der Waals surface area contributed by atoms with Gasteiger partial charge in [-0.2, -0.15) is 0 Å². The minimum atomic E-state index is 0.397. The molecule has 0 radical (unpaired) electrons. The first-order chi connectivity index (χ1) is 5.50. The highest BCUT2D eigenvalue weighted by atomic mass is 32.2. The van der Waals surface area contributed by atoms with Gasteiger partial charge in [-0.25, -0.2) is 0 Å². The van der Waals surface area contributed by atoms with Crippen LogP contribution in [0.5, 0.6) is 0 Å². The lowest BCUT2D eigenvalue weighted by Gasteiger charge is -2.25. The van der Waals surface area contributed by atoms with Gasteiger partial charge in [0.2, 0.25) is 0 Å². The molecule has 0 fully saturated rings. The van der Waals surface area contributed by atoms with Gasteiger partial charge >= 0.3 is 0 Å². The van der Waals surface area contributed by atoms with Crippen LogP contribution in [0.25, 0.3) is 0 Å². The topological polar surface area (TPSA) is 0 Å². The summed E-state index contributed by atoms with van der Waals surface area (Å²) >= 11 is 3.81. The van der Waals surface area contributed by atoms with Gasteiger partial charge in [0, 0.05) is 5.25 Å². The van der Waals surface area contributed by atoms with Crippen molar-refractivity contribution < 1.29 is 0 Å². The second kappa shape index (κ2) is 3.84. The molecule has 0 saturated carbocycles. The molecule has 1 rings (SSSR count). The average Bonchev–Trinajstić information content (AvgIpc) is 2.37. The van der Waals surface area contributed by atoms with Crippen molar-refractivity contribution in [2.75, 3.05) is 0 Å². The van der Waals surface area contributed by atoms with Crippen LogP contribution in [-0.4, -0.2) is 5.25 Å². The zero-order chi connectivity index (χ0) is 9.19. The third-order valence-electron chi connectivity index (χ3n) is 2.01. The molecule has 0 N–H and O–H groups in total. The number of hydrogen-bond donors (Lipinski definition) is 0. The zero-order valence-corrected chi connectivity index (χ0v) is 9.76. The summed E-state index contributed by atoms with van der Waals surface area (Å²) in [5.74, 6) is 0. The molecule has 0 spiro atoms. The summed E-state index contributed by atoms with van der Waals surface area (Å²) in [7, 11) is 0. The van der Waals surface area contributed by atoms with Gasteiger partial charge < -0.3 is 0 Å². The van der Waals surface area contributed by atoms with Gasteiger partial charge in [-0.1, -0.05) is 33.8 Å².